The zero-order valence-corrected chi connectivity index (χ0v) is 11.9. The first-order valence-corrected chi connectivity index (χ1v) is 6.77. The largest absolute Gasteiger partial charge is 0.462 e. The molecule has 0 aliphatic rings. The van der Waals surface area contributed by atoms with E-state index in [9.17, 15) is 4.79 Å². The Labute approximate surface area is 114 Å². The van der Waals surface area contributed by atoms with Crippen molar-refractivity contribution in [3.05, 3.63) is 17.8 Å². The lowest BCUT2D eigenvalue weighted by Gasteiger charge is -2.16. The molecular weight excluding hydrogens is 242 g/mol. The van der Waals surface area contributed by atoms with Crippen LogP contribution in [0.25, 0.3) is 0 Å². The standard InChI is InChI=1S/C14H23N3O2/c1-4-6-7-10(3)17-13-12(14(18)19-5-2)8-11(15)9-16-13/h8-10H,4-7,15H2,1-3H3,(H,16,17). The van der Waals surface area contributed by atoms with Crippen molar-refractivity contribution in [3.63, 3.8) is 0 Å². The average molecular weight is 265 g/mol. The Kier molecular flexibility index (Phi) is 6.12. The number of pyridine rings is 1. The molecule has 0 radical (unpaired) electrons. The summed E-state index contributed by atoms with van der Waals surface area (Å²) < 4.78 is 5.01. The summed E-state index contributed by atoms with van der Waals surface area (Å²) in [4.78, 5) is 16.0. The highest BCUT2D eigenvalue weighted by Gasteiger charge is 2.15. The van der Waals surface area contributed by atoms with Crippen LogP contribution in [0.2, 0.25) is 0 Å². The molecule has 0 fully saturated rings. The summed E-state index contributed by atoms with van der Waals surface area (Å²) in [6.07, 6.45) is 4.85. The van der Waals surface area contributed by atoms with Gasteiger partial charge in [-0.25, -0.2) is 9.78 Å². The maximum atomic E-state index is 11.9. The van der Waals surface area contributed by atoms with Gasteiger partial charge in [0.25, 0.3) is 0 Å². The van der Waals surface area contributed by atoms with Crippen molar-refractivity contribution in [2.45, 2.75) is 46.1 Å². The maximum absolute atomic E-state index is 11.9. The number of rotatable bonds is 7. The molecule has 3 N–H and O–H groups in total. The number of unbranched alkanes of at least 4 members (excludes halogenated alkanes) is 1. The molecule has 5 nitrogen and oxygen atoms in total. The molecule has 1 unspecified atom stereocenters. The van der Waals surface area contributed by atoms with E-state index in [1.165, 1.54) is 6.20 Å². The molecule has 0 amide bonds. The molecule has 0 aliphatic heterocycles. The molecule has 1 aromatic heterocycles. The van der Waals surface area contributed by atoms with Crippen LogP contribution < -0.4 is 11.1 Å². The first-order chi connectivity index (χ1) is 9.08. The van der Waals surface area contributed by atoms with Crippen LogP contribution in [-0.2, 0) is 4.74 Å². The fourth-order valence-electron chi connectivity index (χ4n) is 1.78. The van der Waals surface area contributed by atoms with Crippen LogP contribution in [0.4, 0.5) is 11.5 Å². The van der Waals surface area contributed by atoms with E-state index >= 15 is 0 Å². The highest BCUT2D eigenvalue weighted by molar-refractivity contribution is 5.95. The lowest BCUT2D eigenvalue weighted by atomic mass is 10.1. The molecular formula is C14H23N3O2. The minimum absolute atomic E-state index is 0.254. The predicted molar refractivity (Wildman–Crippen MR) is 77.2 cm³/mol. The average Bonchev–Trinajstić information content (AvgIpc) is 2.38. The van der Waals surface area contributed by atoms with Gasteiger partial charge in [-0.3, -0.25) is 0 Å². The number of anilines is 2. The summed E-state index contributed by atoms with van der Waals surface area (Å²) in [6, 6.07) is 1.85. The van der Waals surface area contributed by atoms with Gasteiger partial charge in [0.2, 0.25) is 0 Å². The van der Waals surface area contributed by atoms with Gasteiger partial charge >= 0.3 is 5.97 Å². The highest BCUT2D eigenvalue weighted by atomic mass is 16.5. The third kappa shape index (κ3) is 4.77. The van der Waals surface area contributed by atoms with Crippen LogP contribution in [0.5, 0.6) is 0 Å². The normalized spacial score (nSPS) is 11.9. The van der Waals surface area contributed by atoms with Gasteiger partial charge < -0.3 is 15.8 Å². The molecule has 5 heteroatoms. The number of ether oxygens (including phenoxy) is 1. The van der Waals surface area contributed by atoms with Gasteiger partial charge in [-0.05, 0) is 26.3 Å². The minimum atomic E-state index is -0.396. The molecule has 19 heavy (non-hydrogen) atoms. The van der Waals surface area contributed by atoms with Gasteiger partial charge in [0.15, 0.2) is 0 Å². The Balaban J connectivity index is 2.84. The number of esters is 1. The summed E-state index contributed by atoms with van der Waals surface area (Å²) in [5.41, 5.74) is 6.52. The van der Waals surface area contributed by atoms with E-state index in [-0.39, 0.29) is 6.04 Å². The summed E-state index contributed by atoms with van der Waals surface area (Å²) in [6.45, 7) is 6.33. The molecule has 0 saturated heterocycles. The van der Waals surface area contributed by atoms with E-state index in [1.54, 1.807) is 13.0 Å². The quantitative estimate of drug-likeness (QED) is 0.741. The molecule has 0 aliphatic carbocycles. The first-order valence-electron chi connectivity index (χ1n) is 6.77. The van der Waals surface area contributed by atoms with E-state index in [0.29, 0.717) is 23.7 Å². The van der Waals surface area contributed by atoms with Gasteiger partial charge in [0, 0.05) is 6.04 Å². The third-order valence-corrected chi connectivity index (χ3v) is 2.78. The van der Waals surface area contributed by atoms with Crippen molar-refractivity contribution >= 4 is 17.5 Å². The highest BCUT2D eigenvalue weighted by Crippen LogP contribution is 2.18. The van der Waals surface area contributed by atoms with Crippen LogP contribution in [0.15, 0.2) is 12.3 Å². The van der Waals surface area contributed by atoms with Crippen LogP contribution in [0.3, 0.4) is 0 Å². The van der Waals surface area contributed by atoms with E-state index in [0.717, 1.165) is 19.3 Å². The second kappa shape index (κ2) is 7.61. The van der Waals surface area contributed by atoms with E-state index < -0.39 is 5.97 Å². The monoisotopic (exact) mass is 265 g/mol. The number of hydrogen-bond donors (Lipinski definition) is 2. The molecule has 1 heterocycles. The maximum Gasteiger partial charge on any atom is 0.341 e. The van der Waals surface area contributed by atoms with Crippen molar-refractivity contribution in [1.29, 1.82) is 0 Å². The predicted octanol–water partition coefficient (Wildman–Crippen LogP) is 2.83. The van der Waals surface area contributed by atoms with Gasteiger partial charge in [-0.1, -0.05) is 19.8 Å². The smallest absolute Gasteiger partial charge is 0.341 e. The number of nitrogens with one attached hydrogen (secondary N) is 1. The molecule has 0 bridgehead atoms. The molecule has 1 atom stereocenters. The molecule has 0 aromatic carbocycles. The molecule has 1 rings (SSSR count). The SMILES string of the molecule is CCCCC(C)Nc1ncc(N)cc1C(=O)OCC. The van der Waals surface area contributed by atoms with Crippen LogP contribution >= 0.6 is 0 Å². The fraction of sp³-hybridized carbons (Fsp3) is 0.571. The summed E-state index contributed by atoms with van der Waals surface area (Å²) in [5.74, 6) is 0.142. The molecule has 1 aromatic rings. The number of nitrogens with zero attached hydrogens (tertiary/aromatic N) is 1. The summed E-state index contributed by atoms with van der Waals surface area (Å²) >= 11 is 0. The second-order valence-electron chi connectivity index (χ2n) is 4.57. The Morgan fingerprint density at radius 1 is 1.53 bits per heavy atom. The Bertz CT molecular complexity index is 421. The number of carbonyl (C=O) groups is 1. The van der Waals surface area contributed by atoms with E-state index in [1.807, 2.05) is 0 Å². The lowest BCUT2D eigenvalue weighted by Crippen LogP contribution is -2.19. The van der Waals surface area contributed by atoms with Crippen molar-refractivity contribution in [1.82, 2.24) is 4.98 Å². The van der Waals surface area contributed by atoms with E-state index in [2.05, 4.69) is 24.1 Å². The Morgan fingerprint density at radius 3 is 2.89 bits per heavy atom. The number of aromatic nitrogens is 1. The fourth-order valence-corrected chi connectivity index (χ4v) is 1.78. The Morgan fingerprint density at radius 2 is 2.26 bits per heavy atom. The van der Waals surface area contributed by atoms with Gasteiger partial charge in [0.1, 0.15) is 11.4 Å². The number of hydrogen-bond acceptors (Lipinski definition) is 5. The van der Waals surface area contributed by atoms with Crippen LogP contribution in [-0.4, -0.2) is 23.6 Å². The summed E-state index contributed by atoms with van der Waals surface area (Å²) in [7, 11) is 0. The number of nitrogen functional groups attached to an aromatic ring is 1. The molecule has 106 valence electrons. The lowest BCUT2D eigenvalue weighted by molar-refractivity contribution is 0.0527. The summed E-state index contributed by atoms with van der Waals surface area (Å²) in [5, 5.41) is 3.24. The topological polar surface area (TPSA) is 77.2 Å². The first kappa shape index (κ1) is 15.3. The van der Waals surface area contributed by atoms with Crippen molar-refractivity contribution in [2.24, 2.45) is 0 Å². The van der Waals surface area contributed by atoms with Crippen molar-refractivity contribution in [3.8, 4) is 0 Å². The van der Waals surface area contributed by atoms with Gasteiger partial charge in [-0.15, -0.1) is 0 Å². The van der Waals surface area contributed by atoms with Crippen LogP contribution in [0.1, 0.15) is 50.4 Å². The molecule has 0 saturated carbocycles. The van der Waals surface area contributed by atoms with Gasteiger partial charge in [-0.2, -0.15) is 0 Å². The zero-order chi connectivity index (χ0) is 14.3. The van der Waals surface area contributed by atoms with Crippen LogP contribution in [0, 0.1) is 0 Å². The number of nitrogens with two attached hydrogens (primary N) is 1. The zero-order valence-electron chi connectivity index (χ0n) is 11.9. The van der Waals surface area contributed by atoms with Crippen molar-refractivity contribution in [2.75, 3.05) is 17.7 Å². The van der Waals surface area contributed by atoms with E-state index in [4.69, 9.17) is 10.5 Å². The molecule has 0 spiro atoms. The number of carbonyl (C=O) groups excluding carboxylic acids is 1. The van der Waals surface area contributed by atoms with Gasteiger partial charge in [0.05, 0.1) is 18.5 Å². The third-order valence-electron chi connectivity index (χ3n) is 2.78. The van der Waals surface area contributed by atoms with Crippen molar-refractivity contribution < 1.29 is 9.53 Å². The minimum Gasteiger partial charge on any atom is -0.462 e. The second-order valence-corrected chi connectivity index (χ2v) is 4.57. The Hall–Kier alpha value is -1.78.